The van der Waals surface area contributed by atoms with E-state index in [0.717, 1.165) is 24.2 Å². The molecule has 6 nitrogen and oxygen atoms in total. The number of carbonyl (C=O) groups is 1. The lowest BCUT2D eigenvalue weighted by atomic mass is 9.98. The Morgan fingerprint density at radius 3 is 2.85 bits per heavy atom. The Labute approximate surface area is 159 Å². The molecule has 0 saturated carbocycles. The average molecular weight is 370 g/mol. The van der Waals surface area contributed by atoms with Crippen LogP contribution in [0.4, 0.5) is 0 Å². The third-order valence-corrected chi connectivity index (χ3v) is 4.98. The van der Waals surface area contributed by atoms with Gasteiger partial charge in [-0.1, -0.05) is 12.1 Å². The Hall–Kier alpha value is -2.60. The number of aliphatic carboxylic acids is 1. The first kappa shape index (κ1) is 19.2. The topological polar surface area (TPSA) is 71.9 Å². The average Bonchev–Trinajstić information content (AvgIpc) is 3.17. The summed E-state index contributed by atoms with van der Waals surface area (Å²) in [6.07, 6.45) is 3.96. The van der Waals surface area contributed by atoms with Crippen LogP contribution in [0.25, 0.3) is 0 Å². The van der Waals surface area contributed by atoms with Crippen molar-refractivity contribution >= 4 is 5.97 Å². The lowest BCUT2D eigenvalue weighted by Gasteiger charge is -2.32. The monoisotopic (exact) mass is 370 g/mol. The van der Waals surface area contributed by atoms with Crippen LogP contribution in [0.5, 0.6) is 11.5 Å². The predicted molar refractivity (Wildman–Crippen MR) is 102 cm³/mol. The summed E-state index contributed by atoms with van der Waals surface area (Å²) in [4.78, 5) is 18.3. The first-order valence-corrected chi connectivity index (χ1v) is 9.33. The van der Waals surface area contributed by atoms with E-state index in [1.54, 1.807) is 13.3 Å². The van der Waals surface area contributed by atoms with Gasteiger partial charge in [0.15, 0.2) is 11.5 Å². The van der Waals surface area contributed by atoms with Crippen LogP contribution in [-0.2, 0) is 11.2 Å². The van der Waals surface area contributed by atoms with Crippen molar-refractivity contribution < 1.29 is 19.4 Å². The number of hydrogen-bond acceptors (Lipinski definition) is 5. The predicted octanol–water partition coefficient (Wildman–Crippen LogP) is 3.32. The van der Waals surface area contributed by atoms with Gasteiger partial charge in [0.1, 0.15) is 6.04 Å². The van der Waals surface area contributed by atoms with Gasteiger partial charge in [-0.25, -0.2) is 0 Å². The van der Waals surface area contributed by atoms with Crippen LogP contribution >= 0.6 is 0 Å². The van der Waals surface area contributed by atoms with Gasteiger partial charge in [-0.3, -0.25) is 14.7 Å². The van der Waals surface area contributed by atoms with Crippen molar-refractivity contribution in [3.05, 3.63) is 53.9 Å². The standard InChI is InChI=1S/C21H26N2O4/c1-3-27-20-13-15(9-10-19(20)26-2)18(14-16-7-4-5-11-22-16)23-12-6-8-17(23)21(24)25/h4-5,7,9-11,13,17-18H,3,6,8,12,14H2,1-2H3,(H,24,25)/t17-,18?/m0/s1. The number of benzene rings is 1. The van der Waals surface area contributed by atoms with Gasteiger partial charge in [-0.15, -0.1) is 0 Å². The third kappa shape index (κ3) is 4.39. The molecule has 6 heteroatoms. The van der Waals surface area contributed by atoms with Gasteiger partial charge in [0.05, 0.1) is 13.7 Å². The molecule has 27 heavy (non-hydrogen) atoms. The van der Waals surface area contributed by atoms with Crippen LogP contribution in [0, 0.1) is 0 Å². The molecule has 0 radical (unpaired) electrons. The SMILES string of the molecule is CCOc1cc(C(Cc2ccccn2)N2CCC[C@H]2C(=O)O)ccc1OC. The van der Waals surface area contributed by atoms with Crippen LogP contribution in [0.3, 0.4) is 0 Å². The summed E-state index contributed by atoms with van der Waals surface area (Å²) in [5, 5.41) is 9.66. The quantitative estimate of drug-likeness (QED) is 0.769. The van der Waals surface area contributed by atoms with E-state index in [9.17, 15) is 9.90 Å². The minimum atomic E-state index is -0.767. The molecule has 0 aliphatic carbocycles. The summed E-state index contributed by atoms with van der Waals surface area (Å²) >= 11 is 0. The molecule has 2 aromatic rings. The molecule has 1 aromatic heterocycles. The Morgan fingerprint density at radius 1 is 1.33 bits per heavy atom. The Morgan fingerprint density at radius 2 is 2.19 bits per heavy atom. The minimum absolute atomic E-state index is 0.0892. The highest BCUT2D eigenvalue weighted by atomic mass is 16.5. The second-order valence-corrected chi connectivity index (χ2v) is 6.62. The Kier molecular flexibility index (Phi) is 6.29. The van der Waals surface area contributed by atoms with Crippen molar-refractivity contribution in [3.63, 3.8) is 0 Å². The van der Waals surface area contributed by atoms with Crippen LogP contribution in [-0.4, -0.2) is 47.3 Å². The van der Waals surface area contributed by atoms with Crippen molar-refractivity contribution in [1.82, 2.24) is 9.88 Å². The molecule has 1 unspecified atom stereocenters. The van der Waals surface area contributed by atoms with Crippen molar-refractivity contribution in [2.75, 3.05) is 20.3 Å². The molecule has 2 atom stereocenters. The fourth-order valence-corrected chi connectivity index (χ4v) is 3.74. The summed E-state index contributed by atoms with van der Waals surface area (Å²) in [5.41, 5.74) is 1.95. The largest absolute Gasteiger partial charge is 0.493 e. The lowest BCUT2D eigenvalue weighted by Crippen LogP contribution is -2.39. The van der Waals surface area contributed by atoms with Gasteiger partial charge in [0, 0.05) is 24.4 Å². The van der Waals surface area contributed by atoms with Gasteiger partial charge in [0.2, 0.25) is 0 Å². The van der Waals surface area contributed by atoms with Gasteiger partial charge < -0.3 is 14.6 Å². The molecule has 0 spiro atoms. The molecule has 3 rings (SSSR count). The Balaban J connectivity index is 1.98. The highest BCUT2D eigenvalue weighted by Gasteiger charge is 2.36. The number of methoxy groups -OCH3 is 1. The first-order chi connectivity index (χ1) is 13.1. The van der Waals surface area contributed by atoms with E-state index in [2.05, 4.69) is 9.88 Å². The van der Waals surface area contributed by atoms with Crippen LogP contribution in [0.1, 0.15) is 37.1 Å². The third-order valence-electron chi connectivity index (χ3n) is 4.98. The van der Waals surface area contributed by atoms with Crippen molar-refractivity contribution in [2.24, 2.45) is 0 Å². The van der Waals surface area contributed by atoms with Crippen LogP contribution in [0.15, 0.2) is 42.6 Å². The molecule has 1 fully saturated rings. The van der Waals surface area contributed by atoms with Crippen molar-refractivity contribution in [2.45, 2.75) is 38.3 Å². The number of pyridine rings is 1. The molecule has 0 amide bonds. The summed E-state index contributed by atoms with van der Waals surface area (Å²) in [5.74, 6) is 0.583. The molecule has 1 aromatic carbocycles. The van der Waals surface area contributed by atoms with Gasteiger partial charge >= 0.3 is 5.97 Å². The number of carboxylic acid groups (broad SMARTS) is 1. The molecule has 0 bridgehead atoms. The van der Waals surface area contributed by atoms with Crippen LogP contribution < -0.4 is 9.47 Å². The normalized spacial score (nSPS) is 18.2. The van der Waals surface area contributed by atoms with Gasteiger partial charge in [-0.05, 0) is 56.1 Å². The van der Waals surface area contributed by atoms with Gasteiger partial charge in [-0.2, -0.15) is 0 Å². The fraction of sp³-hybridized carbons (Fsp3) is 0.429. The number of carboxylic acids is 1. The van der Waals surface area contributed by atoms with E-state index >= 15 is 0 Å². The molecule has 1 N–H and O–H groups in total. The van der Waals surface area contributed by atoms with Crippen molar-refractivity contribution in [1.29, 1.82) is 0 Å². The zero-order valence-corrected chi connectivity index (χ0v) is 15.8. The second kappa shape index (κ2) is 8.86. The number of ether oxygens (including phenoxy) is 2. The van der Waals surface area contributed by atoms with E-state index in [-0.39, 0.29) is 6.04 Å². The number of hydrogen-bond donors (Lipinski definition) is 1. The molecule has 2 heterocycles. The highest BCUT2D eigenvalue weighted by Crippen LogP contribution is 2.36. The molecule has 1 saturated heterocycles. The van der Waals surface area contributed by atoms with E-state index < -0.39 is 12.0 Å². The maximum absolute atomic E-state index is 11.8. The minimum Gasteiger partial charge on any atom is -0.493 e. The molecular weight excluding hydrogens is 344 g/mol. The zero-order chi connectivity index (χ0) is 19.2. The fourth-order valence-electron chi connectivity index (χ4n) is 3.74. The molecular formula is C21H26N2O4. The number of nitrogens with zero attached hydrogens (tertiary/aromatic N) is 2. The summed E-state index contributed by atoms with van der Waals surface area (Å²) < 4.78 is 11.1. The second-order valence-electron chi connectivity index (χ2n) is 6.62. The van der Waals surface area contributed by atoms with E-state index in [4.69, 9.17) is 9.47 Å². The molecule has 1 aliphatic rings. The first-order valence-electron chi connectivity index (χ1n) is 9.33. The highest BCUT2D eigenvalue weighted by molar-refractivity contribution is 5.74. The summed E-state index contributed by atoms with van der Waals surface area (Å²) in [6.45, 7) is 3.22. The Bertz CT molecular complexity index is 766. The smallest absolute Gasteiger partial charge is 0.320 e. The van der Waals surface area contributed by atoms with Crippen molar-refractivity contribution in [3.8, 4) is 11.5 Å². The molecule has 144 valence electrons. The summed E-state index contributed by atoms with van der Waals surface area (Å²) in [7, 11) is 1.61. The molecule has 1 aliphatic heterocycles. The number of likely N-dealkylation sites (tertiary alicyclic amines) is 1. The van der Waals surface area contributed by atoms with Gasteiger partial charge in [0.25, 0.3) is 0 Å². The summed E-state index contributed by atoms with van der Waals surface area (Å²) in [6, 6.07) is 11.1. The van der Waals surface area contributed by atoms with Crippen LogP contribution in [0.2, 0.25) is 0 Å². The van der Waals surface area contributed by atoms with E-state index in [1.807, 2.05) is 43.3 Å². The maximum atomic E-state index is 11.8. The number of rotatable bonds is 8. The zero-order valence-electron chi connectivity index (χ0n) is 15.8. The maximum Gasteiger partial charge on any atom is 0.320 e. The van der Waals surface area contributed by atoms with E-state index in [0.29, 0.717) is 30.9 Å². The number of aromatic nitrogens is 1. The van der Waals surface area contributed by atoms with E-state index in [1.165, 1.54) is 0 Å². The lowest BCUT2D eigenvalue weighted by molar-refractivity contribution is -0.143.